The summed E-state index contributed by atoms with van der Waals surface area (Å²) in [6.45, 7) is 1.14. The molecule has 0 radical (unpaired) electrons. The van der Waals surface area contributed by atoms with E-state index < -0.39 is 0 Å². The molecule has 0 saturated heterocycles. The first-order valence-electron chi connectivity index (χ1n) is 7.39. The number of hydrogen-bond donors (Lipinski definition) is 3. The monoisotopic (exact) mass is 304 g/mol. The lowest BCUT2D eigenvalue weighted by Gasteiger charge is -2.14. The fourth-order valence-electron chi connectivity index (χ4n) is 2.71. The molecule has 2 aromatic rings. The van der Waals surface area contributed by atoms with E-state index in [1.54, 1.807) is 0 Å². The lowest BCUT2D eigenvalue weighted by atomic mass is 9.95. The second-order valence-corrected chi connectivity index (χ2v) is 6.40. The van der Waals surface area contributed by atoms with Crippen molar-refractivity contribution in [3.63, 3.8) is 0 Å². The van der Waals surface area contributed by atoms with Crippen LogP contribution in [0.25, 0.3) is 10.2 Å². The predicted molar refractivity (Wildman–Crippen MR) is 86.7 cm³/mol. The second kappa shape index (κ2) is 5.99. The molecule has 0 aromatic carbocycles. The number of aryl methyl sites for hydroxylation is 2. The number of carbonyl (C=O) groups excluding carboxylic acids is 1. The maximum absolute atomic E-state index is 12.2. The van der Waals surface area contributed by atoms with Gasteiger partial charge in [-0.05, 0) is 50.3 Å². The number of thiophene rings is 1. The average Bonchev–Trinajstić information content (AvgIpc) is 2.82. The molecule has 2 aromatic heterocycles. The number of hydrogen-bond acceptors (Lipinski definition) is 5. The van der Waals surface area contributed by atoms with Crippen molar-refractivity contribution in [3.8, 4) is 0 Å². The van der Waals surface area contributed by atoms with Gasteiger partial charge in [-0.2, -0.15) is 0 Å². The number of aromatic nitrogens is 1. The summed E-state index contributed by atoms with van der Waals surface area (Å²) in [7, 11) is 0. The number of rotatable bonds is 4. The Morgan fingerprint density at radius 3 is 3.00 bits per heavy atom. The molecule has 1 aliphatic rings. The Bertz CT molecular complexity index is 680. The zero-order chi connectivity index (χ0) is 14.8. The summed E-state index contributed by atoms with van der Waals surface area (Å²) in [6, 6.07) is 2.12. The van der Waals surface area contributed by atoms with Crippen molar-refractivity contribution in [2.24, 2.45) is 5.73 Å². The van der Waals surface area contributed by atoms with Gasteiger partial charge in [-0.1, -0.05) is 0 Å². The minimum atomic E-state index is -0.123. The Kier molecular flexibility index (Phi) is 4.07. The maximum Gasteiger partial charge on any atom is 0.263 e. The van der Waals surface area contributed by atoms with Gasteiger partial charge in [0.25, 0.3) is 5.91 Å². The Labute approximate surface area is 127 Å². The van der Waals surface area contributed by atoms with Crippen LogP contribution in [-0.4, -0.2) is 24.0 Å². The summed E-state index contributed by atoms with van der Waals surface area (Å²) in [5.74, 6) is -0.123. The van der Waals surface area contributed by atoms with Gasteiger partial charge in [0.1, 0.15) is 9.71 Å². The zero-order valence-corrected chi connectivity index (χ0v) is 12.8. The highest BCUT2D eigenvalue weighted by Gasteiger charge is 2.20. The normalized spacial score (nSPS) is 14.1. The Hall–Kier alpha value is -1.66. The van der Waals surface area contributed by atoms with Gasteiger partial charge in [0.15, 0.2) is 0 Å². The number of fused-ring (bicyclic) bond motifs is 2. The van der Waals surface area contributed by atoms with E-state index in [0.29, 0.717) is 23.7 Å². The number of nitrogens with two attached hydrogens (primary N) is 2. The van der Waals surface area contributed by atoms with Crippen molar-refractivity contribution in [1.82, 2.24) is 10.3 Å². The molecule has 0 unspecified atom stereocenters. The molecule has 1 aliphatic carbocycles. The van der Waals surface area contributed by atoms with Gasteiger partial charge >= 0.3 is 0 Å². The molecule has 0 atom stereocenters. The molecule has 1 amide bonds. The zero-order valence-electron chi connectivity index (χ0n) is 11.9. The van der Waals surface area contributed by atoms with Crippen molar-refractivity contribution >= 4 is 33.1 Å². The quantitative estimate of drug-likeness (QED) is 0.751. The number of amides is 1. The molecular weight excluding hydrogens is 284 g/mol. The van der Waals surface area contributed by atoms with Crippen LogP contribution >= 0.6 is 11.3 Å². The first kappa shape index (κ1) is 14.3. The average molecular weight is 304 g/mol. The highest BCUT2D eigenvalue weighted by molar-refractivity contribution is 7.21. The number of carbonyl (C=O) groups is 1. The van der Waals surface area contributed by atoms with Gasteiger partial charge in [-0.25, -0.2) is 4.98 Å². The van der Waals surface area contributed by atoms with Crippen LogP contribution in [0, 0.1) is 0 Å². The fraction of sp³-hybridized carbons (Fsp3) is 0.467. The SMILES string of the molecule is NCCCNC(=O)c1sc2nc3c(cc2c1N)CCCC3. The fourth-order valence-corrected chi connectivity index (χ4v) is 3.73. The molecule has 21 heavy (non-hydrogen) atoms. The van der Waals surface area contributed by atoms with E-state index in [1.165, 1.54) is 35.4 Å². The first-order valence-corrected chi connectivity index (χ1v) is 8.21. The summed E-state index contributed by atoms with van der Waals surface area (Å²) in [4.78, 5) is 18.3. The van der Waals surface area contributed by atoms with Crippen LogP contribution in [0.15, 0.2) is 6.07 Å². The van der Waals surface area contributed by atoms with Crippen LogP contribution in [0.1, 0.15) is 40.2 Å². The molecular formula is C15H20N4OS. The molecule has 112 valence electrons. The maximum atomic E-state index is 12.2. The van der Waals surface area contributed by atoms with Crippen molar-refractivity contribution in [1.29, 1.82) is 0 Å². The summed E-state index contributed by atoms with van der Waals surface area (Å²) in [6.07, 6.45) is 5.26. The van der Waals surface area contributed by atoms with Gasteiger partial charge in [0, 0.05) is 17.6 Å². The van der Waals surface area contributed by atoms with Gasteiger partial charge in [0.2, 0.25) is 0 Å². The topological polar surface area (TPSA) is 94.0 Å². The molecule has 0 bridgehead atoms. The van der Waals surface area contributed by atoms with E-state index in [9.17, 15) is 4.79 Å². The van der Waals surface area contributed by atoms with Crippen LogP contribution in [-0.2, 0) is 12.8 Å². The Morgan fingerprint density at radius 2 is 2.19 bits per heavy atom. The summed E-state index contributed by atoms with van der Waals surface area (Å²) < 4.78 is 0. The third kappa shape index (κ3) is 2.73. The first-order chi connectivity index (χ1) is 10.2. The van der Waals surface area contributed by atoms with Crippen LogP contribution in [0.4, 0.5) is 5.69 Å². The van der Waals surface area contributed by atoms with E-state index in [4.69, 9.17) is 16.5 Å². The third-order valence-corrected chi connectivity index (χ3v) is 4.99. The lowest BCUT2D eigenvalue weighted by molar-refractivity contribution is 0.0958. The van der Waals surface area contributed by atoms with E-state index >= 15 is 0 Å². The summed E-state index contributed by atoms with van der Waals surface area (Å²) in [5.41, 5.74) is 14.6. The number of anilines is 1. The predicted octanol–water partition coefficient (Wildman–Crippen LogP) is 1.84. The van der Waals surface area contributed by atoms with Crippen LogP contribution < -0.4 is 16.8 Å². The van der Waals surface area contributed by atoms with Gasteiger partial charge in [-0.15, -0.1) is 11.3 Å². The number of pyridine rings is 1. The van der Waals surface area contributed by atoms with Crippen molar-refractivity contribution < 1.29 is 4.79 Å². The Morgan fingerprint density at radius 1 is 1.38 bits per heavy atom. The number of nitrogens with one attached hydrogen (secondary N) is 1. The lowest BCUT2D eigenvalue weighted by Crippen LogP contribution is -2.25. The molecule has 0 fully saturated rings. The molecule has 5 N–H and O–H groups in total. The molecule has 3 rings (SSSR count). The highest BCUT2D eigenvalue weighted by Crippen LogP contribution is 2.35. The second-order valence-electron chi connectivity index (χ2n) is 5.40. The van der Waals surface area contributed by atoms with Crippen LogP contribution in [0.3, 0.4) is 0 Å². The van der Waals surface area contributed by atoms with Crippen molar-refractivity contribution in [2.75, 3.05) is 18.8 Å². The number of nitrogens with zero attached hydrogens (tertiary/aromatic N) is 1. The molecule has 2 heterocycles. The largest absolute Gasteiger partial charge is 0.397 e. The van der Waals surface area contributed by atoms with E-state index in [0.717, 1.165) is 29.5 Å². The summed E-state index contributed by atoms with van der Waals surface area (Å²) >= 11 is 1.38. The third-order valence-electron chi connectivity index (χ3n) is 3.87. The van der Waals surface area contributed by atoms with Crippen molar-refractivity contribution in [3.05, 3.63) is 22.2 Å². The van der Waals surface area contributed by atoms with E-state index in [-0.39, 0.29) is 5.91 Å². The van der Waals surface area contributed by atoms with E-state index in [2.05, 4.69) is 11.4 Å². The Balaban J connectivity index is 1.93. The van der Waals surface area contributed by atoms with Gasteiger partial charge in [-0.3, -0.25) is 4.79 Å². The summed E-state index contributed by atoms with van der Waals surface area (Å²) in [5, 5.41) is 3.78. The molecule has 5 nitrogen and oxygen atoms in total. The standard InChI is InChI=1S/C15H20N4OS/c16-6-3-7-18-14(20)13-12(17)10-8-9-4-1-2-5-11(9)19-15(10)21-13/h8H,1-7,16-17H2,(H,18,20). The highest BCUT2D eigenvalue weighted by atomic mass is 32.1. The molecule has 6 heteroatoms. The van der Waals surface area contributed by atoms with Gasteiger partial charge < -0.3 is 16.8 Å². The van der Waals surface area contributed by atoms with Gasteiger partial charge in [0.05, 0.1) is 5.69 Å². The minimum Gasteiger partial charge on any atom is -0.397 e. The molecule has 0 saturated carbocycles. The van der Waals surface area contributed by atoms with E-state index in [1.807, 2.05) is 0 Å². The van der Waals surface area contributed by atoms with Crippen LogP contribution in [0.2, 0.25) is 0 Å². The smallest absolute Gasteiger partial charge is 0.263 e. The minimum absolute atomic E-state index is 0.123. The molecule has 0 aliphatic heterocycles. The molecule has 0 spiro atoms. The van der Waals surface area contributed by atoms with Crippen LogP contribution in [0.5, 0.6) is 0 Å². The number of nitrogen functional groups attached to an aromatic ring is 1. The van der Waals surface area contributed by atoms with Crippen molar-refractivity contribution in [2.45, 2.75) is 32.1 Å².